The molecule has 3 aromatic carbocycles. The van der Waals surface area contributed by atoms with E-state index in [0.717, 1.165) is 32.6 Å². The number of hydrogen-bond acceptors (Lipinski definition) is 3. The van der Waals surface area contributed by atoms with E-state index in [1.807, 2.05) is 73.7 Å². The molecule has 28 heavy (non-hydrogen) atoms. The molecule has 140 valence electrons. The van der Waals surface area contributed by atoms with Crippen LogP contribution in [0.15, 0.2) is 77.3 Å². The average Bonchev–Trinajstić information content (AvgIpc) is 3.09. The third-order valence-electron chi connectivity index (χ3n) is 4.55. The van der Waals surface area contributed by atoms with Crippen molar-refractivity contribution >= 4 is 15.9 Å². The molecule has 0 unspecified atom stereocenters. The van der Waals surface area contributed by atoms with Crippen LogP contribution in [0.5, 0.6) is 11.5 Å². The van der Waals surface area contributed by atoms with E-state index in [1.54, 1.807) is 6.07 Å². The van der Waals surface area contributed by atoms with Crippen LogP contribution in [-0.4, -0.2) is 15.3 Å². The molecular formula is C23H19BrN2O2. The number of aryl methyl sites for hydroxylation is 1. The molecule has 0 radical (unpaired) electrons. The number of benzene rings is 3. The molecule has 0 atom stereocenters. The van der Waals surface area contributed by atoms with Crippen LogP contribution >= 0.6 is 15.9 Å². The number of hydrogen-bond donors (Lipinski definition) is 2. The molecule has 0 aliphatic carbocycles. The SMILES string of the molecule is Cc1[nH]nc(-c2ccc(OCc3ccc(Br)cc3)cc2O)c1-c1ccccc1. The van der Waals surface area contributed by atoms with Crippen molar-refractivity contribution in [2.45, 2.75) is 13.5 Å². The maximum absolute atomic E-state index is 10.6. The van der Waals surface area contributed by atoms with Crippen LogP contribution in [0.25, 0.3) is 22.4 Å². The van der Waals surface area contributed by atoms with Crippen molar-refractivity contribution in [1.29, 1.82) is 0 Å². The normalized spacial score (nSPS) is 10.8. The fourth-order valence-electron chi connectivity index (χ4n) is 3.13. The van der Waals surface area contributed by atoms with Gasteiger partial charge in [-0.25, -0.2) is 0 Å². The van der Waals surface area contributed by atoms with Gasteiger partial charge < -0.3 is 9.84 Å². The van der Waals surface area contributed by atoms with Crippen molar-refractivity contribution in [2.24, 2.45) is 0 Å². The maximum atomic E-state index is 10.6. The molecule has 0 aliphatic heterocycles. The van der Waals surface area contributed by atoms with Crippen molar-refractivity contribution in [2.75, 3.05) is 0 Å². The van der Waals surface area contributed by atoms with E-state index in [9.17, 15) is 5.11 Å². The quantitative estimate of drug-likeness (QED) is 0.398. The van der Waals surface area contributed by atoms with E-state index >= 15 is 0 Å². The third-order valence-corrected chi connectivity index (χ3v) is 5.08. The second kappa shape index (κ2) is 7.90. The lowest BCUT2D eigenvalue weighted by atomic mass is 9.99. The van der Waals surface area contributed by atoms with Gasteiger partial charge in [-0.3, -0.25) is 5.10 Å². The van der Waals surface area contributed by atoms with Crippen molar-refractivity contribution in [3.8, 4) is 33.9 Å². The van der Waals surface area contributed by atoms with Gasteiger partial charge in [-0.1, -0.05) is 58.4 Å². The minimum atomic E-state index is 0.136. The fraction of sp³-hybridized carbons (Fsp3) is 0.0870. The minimum absolute atomic E-state index is 0.136. The number of nitrogens with zero attached hydrogens (tertiary/aromatic N) is 1. The highest BCUT2D eigenvalue weighted by atomic mass is 79.9. The van der Waals surface area contributed by atoms with Crippen LogP contribution < -0.4 is 4.74 Å². The van der Waals surface area contributed by atoms with E-state index in [1.165, 1.54) is 0 Å². The van der Waals surface area contributed by atoms with E-state index < -0.39 is 0 Å². The molecule has 1 aromatic heterocycles. The largest absolute Gasteiger partial charge is 0.507 e. The summed E-state index contributed by atoms with van der Waals surface area (Å²) in [6.07, 6.45) is 0. The van der Waals surface area contributed by atoms with Gasteiger partial charge in [-0.05, 0) is 42.3 Å². The Kier molecular flexibility index (Phi) is 5.17. The predicted octanol–water partition coefficient (Wildman–Crippen LogP) is 6.10. The Balaban J connectivity index is 1.60. The van der Waals surface area contributed by atoms with Gasteiger partial charge in [0.15, 0.2) is 0 Å². The molecule has 0 fully saturated rings. The fourth-order valence-corrected chi connectivity index (χ4v) is 3.40. The predicted molar refractivity (Wildman–Crippen MR) is 114 cm³/mol. The first-order valence-electron chi connectivity index (χ1n) is 8.93. The van der Waals surface area contributed by atoms with Crippen molar-refractivity contribution < 1.29 is 9.84 Å². The average molecular weight is 435 g/mol. The molecule has 0 saturated heterocycles. The maximum Gasteiger partial charge on any atom is 0.128 e. The highest BCUT2D eigenvalue weighted by Crippen LogP contribution is 2.38. The third kappa shape index (κ3) is 3.80. The zero-order valence-corrected chi connectivity index (χ0v) is 16.9. The number of ether oxygens (including phenoxy) is 1. The van der Waals surface area contributed by atoms with E-state index in [4.69, 9.17) is 4.74 Å². The zero-order valence-electron chi connectivity index (χ0n) is 15.3. The van der Waals surface area contributed by atoms with E-state index in [0.29, 0.717) is 17.9 Å². The van der Waals surface area contributed by atoms with Crippen LogP contribution in [0.1, 0.15) is 11.3 Å². The molecule has 4 nitrogen and oxygen atoms in total. The summed E-state index contributed by atoms with van der Waals surface area (Å²) >= 11 is 3.42. The van der Waals surface area contributed by atoms with Gasteiger partial charge in [-0.15, -0.1) is 0 Å². The van der Waals surface area contributed by atoms with Crippen LogP contribution in [-0.2, 0) is 6.61 Å². The molecule has 0 saturated carbocycles. The summed E-state index contributed by atoms with van der Waals surface area (Å²) in [6.45, 7) is 2.41. The Hall–Kier alpha value is -3.05. The molecule has 2 N–H and O–H groups in total. The summed E-state index contributed by atoms with van der Waals surface area (Å²) < 4.78 is 6.85. The summed E-state index contributed by atoms with van der Waals surface area (Å²) in [6, 6.07) is 23.3. The first-order valence-corrected chi connectivity index (χ1v) is 9.72. The van der Waals surface area contributed by atoms with E-state index in [-0.39, 0.29) is 5.75 Å². The highest BCUT2D eigenvalue weighted by Gasteiger charge is 2.17. The molecule has 4 aromatic rings. The topological polar surface area (TPSA) is 58.1 Å². The van der Waals surface area contributed by atoms with E-state index in [2.05, 4.69) is 26.1 Å². The van der Waals surface area contributed by atoms with Gasteiger partial charge in [0, 0.05) is 27.4 Å². The lowest BCUT2D eigenvalue weighted by molar-refractivity contribution is 0.304. The Morgan fingerprint density at radius 3 is 2.46 bits per heavy atom. The number of phenols is 1. The first-order chi connectivity index (χ1) is 13.6. The van der Waals surface area contributed by atoms with Gasteiger partial charge in [0.1, 0.15) is 23.8 Å². The van der Waals surface area contributed by atoms with Crippen molar-refractivity contribution in [1.82, 2.24) is 10.2 Å². The number of rotatable bonds is 5. The Morgan fingerprint density at radius 1 is 1.00 bits per heavy atom. The zero-order chi connectivity index (χ0) is 19.5. The van der Waals surface area contributed by atoms with Crippen molar-refractivity contribution in [3.05, 3.63) is 88.5 Å². The monoisotopic (exact) mass is 434 g/mol. The summed E-state index contributed by atoms with van der Waals surface area (Å²) in [5.41, 5.74) is 5.44. The van der Waals surface area contributed by atoms with Gasteiger partial charge in [0.05, 0.1) is 0 Å². The molecule has 4 rings (SSSR count). The van der Waals surface area contributed by atoms with Gasteiger partial charge in [0.25, 0.3) is 0 Å². The van der Waals surface area contributed by atoms with Crippen LogP contribution in [0.4, 0.5) is 0 Å². The number of aromatic hydroxyl groups is 1. The standard InChI is InChI=1S/C23H19BrN2O2/c1-15-22(17-5-3-2-4-6-17)23(26-25-15)20-12-11-19(13-21(20)27)28-14-16-7-9-18(24)10-8-16/h2-13,27H,14H2,1H3,(H,25,26). The lowest BCUT2D eigenvalue weighted by Crippen LogP contribution is -1.95. The second-order valence-electron chi connectivity index (χ2n) is 6.53. The van der Waals surface area contributed by atoms with Gasteiger partial charge >= 0.3 is 0 Å². The Labute approximate surface area is 172 Å². The molecule has 5 heteroatoms. The highest BCUT2D eigenvalue weighted by molar-refractivity contribution is 9.10. The number of aromatic nitrogens is 2. The number of aromatic amines is 1. The number of halogens is 1. The van der Waals surface area contributed by atoms with Crippen LogP contribution in [0.3, 0.4) is 0 Å². The second-order valence-corrected chi connectivity index (χ2v) is 7.45. The molecule has 1 heterocycles. The number of nitrogens with one attached hydrogen (secondary N) is 1. The van der Waals surface area contributed by atoms with Crippen LogP contribution in [0, 0.1) is 6.92 Å². The van der Waals surface area contributed by atoms with Crippen LogP contribution in [0.2, 0.25) is 0 Å². The Morgan fingerprint density at radius 2 is 1.75 bits per heavy atom. The lowest BCUT2D eigenvalue weighted by Gasteiger charge is -2.10. The minimum Gasteiger partial charge on any atom is -0.507 e. The molecular weight excluding hydrogens is 416 g/mol. The first kappa shape index (κ1) is 18.3. The van der Waals surface area contributed by atoms with Gasteiger partial charge in [0.2, 0.25) is 0 Å². The summed E-state index contributed by atoms with van der Waals surface area (Å²) in [5, 5.41) is 18.1. The Bertz CT molecular complexity index is 1090. The summed E-state index contributed by atoms with van der Waals surface area (Å²) in [5.74, 6) is 0.745. The summed E-state index contributed by atoms with van der Waals surface area (Å²) in [4.78, 5) is 0. The molecule has 0 aliphatic rings. The van der Waals surface area contributed by atoms with Crippen molar-refractivity contribution in [3.63, 3.8) is 0 Å². The summed E-state index contributed by atoms with van der Waals surface area (Å²) in [7, 11) is 0. The molecule has 0 bridgehead atoms. The number of H-pyrrole nitrogens is 1. The number of phenolic OH excluding ortho intramolecular Hbond substituents is 1. The molecule has 0 amide bonds. The van der Waals surface area contributed by atoms with Gasteiger partial charge in [-0.2, -0.15) is 5.10 Å². The molecule has 0 spiro atoms. The smallest absolute Gasteiger partial charge is 0.128 e.